The molecule has 1 aliphatic carbocycles. The minimum Gasteiger partial charge on any atom is -0.388 e. The molecule has 0 aromatic heterocycles. The Labute approximate surface area is 225 Å². The molecule has 2 heterocycles. The number of nitrogens with two attached hydrogens (primary N) is 5. The van der Waals surface area contributed by atoms with E-state index in [4.69, 9.17) is 47.6 Å². The van der Waals surface area contributed by atoms with Crippen molar-refractivity contribution in [3.63, 3.8) is 0 Å². The van der Waals surface area contributed by atoms with E-state index in [1.807, 2.05) is 0 Å². The summed E-state index contributed by atoms with van der Waals surface area (Å²) < 4.78 is 23.2. The molecule has 3 aliphatic rings. The summed E-state index contributed by atoms with van der Waals surface area (Å²) in [5.74, 6) is -0.792. The van der Waals surface area contributed by atoms with Gasteiger partial charge in [0, 0.05) is 12.6 Å². The summed E-state index contributed by atoms with van der Waals surface area (Å²) in [6, 6.07) is -4.17. The van der Waals surface area contributed by atoms with E-state index in [-0.39, 0.29) is 25.9 Å². The van der Waals surface area contributed by atoms with Gasteiger partial charge in [-0.3, -0.25) is 4.79 Å². The van der Waals surface area contributed by atoms with Gasteiger partial charge in [0.2, 0.25) is 5.91 Å². The monoisotopic (exact) mass is 568 g/mol. The predicted molar refractivity (Wildman–Crippen MR) is 132 cm³/mol. The fourth-order valence-electron chi connectivity index (χ4n) is 5.02. The van der Waals surface area contributed by atoms with Gasteiger partial charge in [0.15, 0.2) is 12.6 Å². The molecule has 3 fully saturated rings. The lowest BCUT2D eigenvalue weighted by Gasteiger charge is -2.49. The molecule has 0 spiro atoms. The Balaban J connectivity index is 1.86. The standard InChI is InChI=1S/C22H44N6O11/c1-6-11(26)15(32)17(34)22(36-6)39-19-13(30)8(28-20(35)9(29)2-3-23)4-7(25)18(19)38-21-12(27)16(33)14(31)10(5-24)37-21/h6-19,21-22,29-34H,2-5,23-27H2,1H3,(H,28,35)/t6-,7+,8-,9+,10-,11-,12-,13+,14-,15+,16-,17-,18-,19-,21-,22+/m1/s1. The van der Waals surface area contributed by atoms with Crippen LogP contribution in [0.15, 0.2) is 0 Å². The van der Waals surface area contributed by atoms with Crippen LogP contribution in [0.4, 0.5) is 0 Å². The first kappa shape index (κ1) is 32.4. The molecule has 17 N–H and O–H groups in total. The Bertz CT molecular complexity index is 802. The molecule has 16 atom stereocenters. The van der Waals surface area contributed by atoms with Gasteiger partial charge in [0.1, 0.15) is 54.9 Å². The molecule has 228 valence electrons. The zero-order valence-corrected chi connectivity index (χ0v) is 21.7. The summed E-state index contributed by atoms with van der Waals surface area (Å²) in [4.78, 5) is 12.4. The Hall–Kier alpha value is -1.13. The van der Waals surface area contributed by atoms with Crippen molar-refractivity contribution in [2.75, 3.05) is 13.1 Å². The van der Waals surface area contributed by atoms with Crippen LogP contribution in [0, 0.1) is 0 Å². The van der Waals surface area contributed by atoms with Crippen LogP contribution in [0.3, 0.4) is 0 Å². The van der Waals surface area contributed by atoms with E-state index in [1.54, 1.807) is 6.92 Å². The highest BCUT2D eigenvalue weighted by molar-refractivity contribution is 5.80. The van der Waals surface area contributed by atoms with Gasteiger partial charge in [-0.25, -0.2) is 0 Å². The first-order chi connectivity index (χ1) is 18.3. The van der Waals surface area contributed by atoms with Crippen molar-refractivity contribution in [2.45, 2.75) is 118 Å². The number of amides is 1. The third-order valence-electron chi connectivity index (χ3n) is 7.57. The molecule has 0 radical (unpaired) electrons. The smallest absolute Gasteiger partial charge is 0.249 e. The Morgan fingerprint density at radius 3 is 2.13 bits per heavy atom. The number of aliphatic hydroxyl groups excluding tert-OH is 6. The normalized spacial score (nSPS) is 47.9. The SMILES string of the molecule is C[C@H]1O[C@@H](O[C@@H]2[C@@H](O)[C@H](NC(=O)[C@@H](O)CCN)C[C@H](N)[C@H]2O[C@H]2O[C@H](CN)[C@@H](O)[C@H](O)[C@H]2N)[C@H](O)[C@@H](O)[C@@H]1N. The summed E-state index contributed by atoms with van der Waals surface area (Å²) >= 11 is 0. The van der Waals surface area contributed by atoms with Crippen molar-refractivity contribution in [3.8, 4) is 0 Å². The highest BCUT2D eigenvalue weighted by atomic mass is 16.7. The number of hydrogen-bond acceptors (Lipinski definition) is 16. The quantitative estimate of drug-likeness (QED) is 0.123. The molecule has 2 saturated heterocycles. The molecule has 0 bridgehead atoms. The van der Waals surface area contributed by atoms with Crippen LogP contribution >= 0.6 is 0 Å². The van der Waals surface area contributed by atoms with Gasteiger partial charge in [-0.05, 0) is 26.3 Å². The minimum atomic E-state index is -1.62. The van der Waals surface area contributed by atoms with Crippen molar-refractivity contribution in [3.05, 3.63) is 0 Å². The van der Waals surface area contributed by atoms with Crippen LogP contribution in [0.5, 0.6) is 0 Å². The Kier molecular flexibility index (Phi) is 11.4. The maximum absolute atomic E-state index is 12.4. The molecule has 39 heavy (non-hydrogen) atoms. The summed E-state index contributed by atoms with van der Waals surface area (Å²) in [7, 11) is 0. The largest absolute Gasteiger partial charge is 0.388 e. The maximum atomic E-state index is 12.4. The number of rotatable bonds is 9. The number of ether oxygens (including phenoxy) is 4. The number of hydrogen-bond donors (Lipinski definition) is 12. The predicted octanol–water partition coefficient (Wildman–Crippen LogP) is -7.43. The first-order valence-electron chi connectivity index (χ1n) is 13.0. The van der Waals surface area contributed by atoms with Crippen molar-refractivity contribution >= 4 is 5.91 Å². The average Bonchev–Trinajstić information content (AvgIpc) is 2.90. The fraction of sp³-hybridized carbons (Fsp3) is 0.955. The molecule has 0 aromatic rings. The van der Waals surface area contributed by atoms with Gasteiger partial charge in [0.25, 0.3) is 0 Å². The second kappa shape index (κ2) is 13.7. The van der Waals surface area contributed by atoms with Crippen LogP contribution in [-0.4, -0.2) is 147 Å². The van der Waals surface area contributed by atoms with E-state index in [1.165, 1.54) is 0 Å². The van der Waals surface area contributed by atoms with E-state index >= 15 is 0 Å². The molecule has 2 aliphatic heterocycles. The van der Waals surface area contributed by atoms with Gasteiger partial charge in [-0.2, -0.15) is 0 Å². The fourth-order valence-corrected chi connectivity index (χ4v) is 5.02. The number of carbonyl (C=O) groups is 1. The topological polar surface area (TPSA) is 318 Å². The van der Waals surface area contributed by atoms with Gasteiger partial charge in [-0.15, -0.1) is 0 Å². The zero-order valence-electron chi connectivity index (χ0n) is 21.7. The summed E-state index contributed by atoms with van der Waals surface area (Å²) in [5.41, 5.74) is 29.3. The van der Waals surface area contributed by atoms with Crippen LogP contribution in [0.1, 0.15) is 19.8 Å². The molecule has 3 rings (SSSR count). The number of carbonyl (C=O) groups excluding carboxylic acids is 1. The Morgan fingerprint density at radius 2 is 1.51 bits per heavy atom. The van der Waals surface area contributed by atoms with E-state index in [0.717, 1.165) is 0 Å². The van der Waals surface area contributed by atoms with E-state index < -0.39 is 104 Å². The van der Waals surface area contributed by atoms with Crippen molar-refractivity contribution < 1.29 is 54.4 Å². The minimum absolute atomic E-state index is 0.0160. The Morgan fingerprint density at radius 1 is 0.897 bits per heavy atom. The van der Waals surface area contributed by atoms with E-state index in [0.29, 0.717) is 0 Å². The van der Waals surface area contributed by atoms with E-state index in [9.17, 15) is 35.4 Å². The third kappa shape index (κ3) is 7.03. The van der Waals surface area contributed by atoms with Gasteiger partial charge in [0.05, 0.1) is 24.2 Å². The van der Waals surface area contributed by atoms with Crippen molar-refractivity contribution in [2.24, 2.45) is 28.7 Å². The summed E-state index contributed by atoms with van der Waals surface area (Å²) in [5, 5.41) is 65.2. The van der Waals surface area contributed by atoms with Crippen LogP contribution in [0.2, 0.25) is 0 Å². The van der Waals surface area contributed by atoms with Crippen molar-refractivity contribution in [1.82, 2.24) is 5.32 Å². The number of nitrogens with one attached hydrogen (secondary N) is 1. The molecular weight excluding hydrogens is 524 g/mol. The second-order valence-corrected chi connectivity index (χ2v) is 10.4. The summed E-state index contributed by atoms with van der Waals surface area (Å²) in [6.07, 6.45) is -16.2. The number of aliphatic hydroxyl groups is 6. The molecule has 0 aromatic carbocycles. The van der Waals surface area contributed by atoms with Crippen LogP contribution in [-0.2, 0) is 23.7 Å². The molecular formula is C22H44N6O11. The van der Waals surface area contributed by atoms with Gasteiger partial charge < -0.3 is 83.6 Å². The lowest BCUT2D eigenvalue weighted by atomic mass is 9.83. The second-order valence-electron chi connectivity index (χ2n) is 10.4. The molecule has 1 saturated carbocycles. The average molecular weight is 569 g/mol. The van der Waals surface area contributed by atoms with E-state index in [2.05, 4.69) is 5.32 Å². The van der Waals surface area contributed by atoms with Gasteiger partial charge >= 0.3 is 0 Å². The van der Waals surface area contributed by atoms with Crippen molar-refractivity contribution in [1.29, 1.82) is 0 Å². The van der Waals surface area contributed by atoms with Crippen LogP contribution < -0.4 is 34.0 Å². The molecule has 1 amide bonds. The highest BCUT2D eigenvalue weighted by Crippen LogP contribution is 2.32. The lowest BCUT2D eigenvalue weighted by molar-refractivity contribution is -0.329. The maximum Gasteiger partial charge on any atom is 0.249 e. The first-order valence-corrected chi connectivity index (χ1v) is 13.0. The lowest BCUT2D eigenvalue weighted by Crippen LogP contribution is -2.70. The zero-order chi connectivity index (χ0) is 29.2. The molecule has 0 unspecified atom stereocenters. The molecule has 17 heteroatoms. The molecule has 17 nitrogen and oxygen atoms in total. The highest BCUT2D eigenvalue weighted by Gasteiger charge is 2.52. The summed E-state index contributed by atoms with van der Waals surface area (Å²) in [6.45, 7) is 1.44. The third-order valence-corrected chi connectivity index (χ3v) is 7.57. The van der Waals surface area contributed by atoms with Gasteiger partial charge in [-0.1, -0.05) is 0 Å². The van der Waals surface area contributed by atoms with Crippen LogP contribution in [0.25, 0.3) is 0 Å².